The lowest BCUT2D eigenvalue weighted by atomic mass is 10.1. The number of rotatable bonds is 5. The maximum Gasteiger partial charge on any atom is 0.293 e. The van der Waals surface area contributed by atoms with Crippen molar-refractivity contribution in [2.45, 2.75) is 13.1 Å². The first-order valence-electron chi connectivity index (χ1n) is 10.4. The maximum absolute atomic E-state index is 14.1. The van der Waals surface area contributed by atoms with Gasteiger partial charge in [0.25, 0.3) is 11.1 Å². The number of thioether (sulfide) groups is 1. The summed E-state index contributed by atoms with van der Waals surface area (Å²) >= 11 is 6.87. The highest BCUT2D eigenvalue weighted by atomic mass is 35.5. The molecule has 1 fully saturated rings. The molecule has 3 aromatic carbocycles. The first-order chi connectivity index (χ1) is 16.4. The zero-order valence-electron chi connectivity index (χ0n) is 17.7. The second-order valence-corrected chi connectivity index (χ2v) is 9.26. The standard InChI is InChI=1S/C26H17ClF2N2O2S/c27-21-5-2-6-22(29)20(21)15-31-25(32)24(34-26(31)33)13-16-7-8-23-18(11-16)9-10-30(23)14-17-3-1-4-19(28)12-17/h1-13H,14-15H2/b24-13+. The average Bonchev–Trinajstić information content (AvgIpc) is 3.31. The Hall–Kier alpha value is -3.42. The van der Waals surface area contributed by atoms with Crippen molar-refractivity contribution >= 4 is 51.5 Å². The van der Waals surface area contributed by atoms with Crippen LogP contribution in [0.5, 0.6) is 0 Å². The van der Waals surface area contributed by atoms with Crippen LogP contribution < -0.4 is 0 Å². The van der Waals surface area contributed by atoms with Crippen LogP contribution >= 0.6 is 23.4 Å². The molecule has 0 atom stereocenters. The molecule has 34 heavy (non-hydrogen) atoms. The number of carbonyl (C=O) groups excluding carboxylic acids is 2. The molecule has 0 aliphatic carbocycles. The summed E-state index contributed by atoms with van der Waals surface area (Å²) in [5, 5.41) is 0.636. The Kier molecular flexibility index (Phi) is 5.98. The normalized spacial score (nSPS) is 15.1. The van der Waals surface area contributed by atoms with Crippen LogP contribution in [-0.4, -0.2) is 20.6 Å². The molecule has 0 saturated carbocycles. The van der Waals surface area contributed by atoms with Gasteiger partial charge in [0.1, 0.15) is 11.6 Å². The Morgan fingerprint density at radius 3 is 2.56 bits per heavy atom. The lowest BCUT2D eigenvalue weighted by molar-refractivity contribution is -0.123. The minimum atomic E-state index is -0.566. The highest BCUT2D eigenvalue weighted by Crippen LogP contribution is 2.35. The summed E-state index contributed by atoms with van der Waals surface area (Å²) in [5.41, 5.74) is 2.67. The largest absolute Gasteiger partial charge is 0.343 e. The van der Waals surface area contributed by atoms with Gasteiger partial charge in [-0.25, -0.2) is 8.78 Å². The minimum absolute atomic E-state index is 0.105. The van der Waals surface area contributed by atoms with Gasteiger partial charge in [0.15, 0.2) is 0 Å². The summed E-state index contributed by atoms with van der Waals surface area (Å²) < 4.78 is 29.7. The molecule has 8 heteroatoms. The van der Waals surface area contributed by atoms with E-state index in [1.165, 1.54) is 30.3 Å². The quantitative estimate of drug-likeness (QED) is 0.285. The second-order valence-electron chi connectivity index (χ2n) is 7.86. The smallest absolute Gasteiger partial charge is 0.293 e. The maximum atomic E-state index is 14.1. The van der Waals surface area contributed by atoms with Crippen molar-refractivity contribution in [1.29, 1.82) is 0 Å². The Bertz CT molecular complexity index is 1460. The van der Waals surface area contributed by atoms with E-state index in [0.717, 1.165) is 38.7 Å². The van der Waals surface area contributed by atoms with Crippen LogP contribution in [0.2, 0.25) is 5.02 Å². The molecule has 170 valence electrons. The van der Waals surface area contributed by atoms with Crippen molar-refractivity contribution in [3.05, 3.63) is 111 Å². The van der Waals surface area contributed by atoms with Gasteiger partial charge >= 0.3 is 0 Å². The summed E-state index contributed by atoms with van der Waals surface area (Å²) in [6.07, 6.45) is 3.57. The van der Waals surface area contributed by atoms with Crippen LogP contribution in [0.3, 0.4) is 0 Å². The molecule has 4 aromatic rings. The Labute approximate surface area is 203 Å². The molecule has 5 rings (SSSR count). The number of fused-ring (bicyclic) bond motifs is 1. The number of amides is 2. The van der Waals surface area contributed by atoms with Crippen molar-refractivity contribution in [3.8, 4) is 0 Å². The lowest BCUT2D eigenvalue weighted by Crippen LogP contribution is -2.28. The molecule has 0 bridgehead atoms. The van der Waals surface area contributed by atoms with Crippen LogP contribution in [0.15, 0.2) is 77.8 Å². The fraction of sp³-hybridized carbons (Fsp3) is 0.0769. The van der Waals surface area contributed by atoms with Crippen LogP contribution in [0.1, 0.15) is 16.7 Å². The third-order valence-corrected chi connectivity index (χ3v) is 6.85. The molecule has 0 radical (unpaired) electrons. The van der Waals surface area contributed by atoms with Crippen molar-refractivity contribution in [3.63, 3.8) is 0 Å². The van der Waals surface area contributed by atoms with Gasteiger partial charge in [0.05, 0.1) is 11.4 Å². The highest BCUT2D eigenvalue weighted by molar-refractivity contribution is 8.18. The van der Waals surface area contributed by atoms with Gasteiger partial charge in [-0.1, -0.05) is 35.9 Å². The topological polar surface area (TPSA) is 42.3 Å². The monoisotopic (exact) mass is 494 g/mol. The number of nitrogens with zero attached hydrogens (tertiary/aromatic N) is 2. The third kappa shape index (κ3) is 4.36. The van der Waals surface area contributed by atoms with E-state index in [0.29, 0.717) is 6.54 Å². The van der Waals surface area contributed by atoms with Crippen LogP contribution in [0, 0.1) is 11.6 Å². The first kappa shape index (κ1) is 22.4. The van der Waals surface area contributed by atoms with Gasteiger partial charge in [-0.05, 0) is 71.4 Å². The number of hydrogen-bond acceptors (Lipinski definition) is 3. The first-order valence-corrected chi connectivity index (χ1v) is 11.6. The molecule has 0 spiro atoms. The van der Waals surface area contributed by atoms with E-state index in [1.54, 1.807) is 12.1 Å². The Morgan fingerprint density at radius 1 is 0.941 bits per heavy atom. The fourth-order valence-electron chi connectivity index (χ4n) is 3.91. The van der Waals surface area contributed by atoms with Gasteiger partial charge in [-0.2, -0.15) is 0 Å². The summed E-state index contributed by atoms with van der Waals surface area (Å²) in [6, 6.07) is 18.3. The molecule has 0 unspecified atom stereocenters. The zero-order chi connectivity index (χ0) is 23.8. The number of hydrogen-bond donors (Lipinski definition) is 0. The highest BCUT2D eigenvalue weighted by Gasteiger charge is 2.35. The Morgan fingerprint density at radius 2 is 1.76 bits per heavy atom. The molecule has 1 aliphatic rings. The number of benzene rings is 3. The summed E-state index contributed by atoms with van der Waals surface area (Å²) in [4.78, 5) is 26.6. The molecular weight excluding hydrogens is 478 g/mol. The lowest BCUT2D eigenvalue weighted by Gasteiger charge is -2.14. The Balaban J connectivity index is 1.38. The van der Waals surface area contributed by atoms with Gasteiger partial charge in [0, 0.05) is 34.2 Å². The van der Waals surface area contributed by atoms with E-state index in [-0.39, 0.29) is 27.9 Å². The zero-order valence-corrected chi connectivity index (χ0v) is 19.2. The SMILES string of the molecule is O=C1S/C(=C/c2ccc3c(ccn3Cc3cccc(F)c3)c2)C(=O)N1Cc1c(F)cccc1Cl. The van der Waals surface area contributed by atoms with E-state index in [9.17, 15) is 18.4 Å². The summed E-state index contributed by atoms with van der Waals surface area (Å²) in [6.45, 7) is 0.299. The molecule has 0 N–H and O–H groups in total. The molecular formula is C26H17ClF2N2O2S. The minimum Gasteiger partial charge on any atom is -0.343 e. The predicted octanol–water partition coefficient (Wildman–Crippen LogP) is 6.86. The fourth-order valence-corrected chi connectivity index (χ4v) is 4.97. The predicted molar refractivity (Wildman–Crippen MR) is 130 cm³/mol. The molecule has 2 amide bonds. The molecule has 1 aromatic heterocycles. The van der Waals surface area contributed by atoms with E-state index in [2.05, 4.69) is 0 Å². The van der Waals surface area contributed by atoms with Crippen LogP contribution in [0.25, 0.3) is 17.0 Å². The number of aromatic nitrogens is 1. The van der Waals surface area contributed by atoms with Gasteiger partial charge < -0.3 is 4.57 Å². The van der Waals surface area contributed by atoms with Crippen LogP contribution in [0.4, 0.5) is 13.6 Å². The van der Waals surface area contributed by atoms with Crippen molar-refractivity contribution in [1.82, 2.24) is 9.47 Å². The summed E-state index contributed by atoms with van der Waals surface area (Å²) in [5.74, 6) is -1.33. The molecule has 1 saturated heterocycles. The van der Waals surface area contributed by atoms with Gasteiger partial charge in [0.2, 0.25) is 0 Å². The van der Waals surface area contributed by atoms with Crippen molar-refractivity contribution in [2.24, 2.45) is 0 Å². The van der Waals surface area contributed by atoms with E-state index in [1.807, 2.05) is 41.1 Å². The number of halogens is 3. The molecule has 2 heterocycles. The molecule has 4 nitrogen and oxygen atoms in total. The van der Waals surface area contributed by atoms with Gasteiger partial charge in [-0.3, -0.25) is 14.5 Å². The summed E-state index contributed by atoms with van der Waals surface area (Å²) in [7, 11) is 0. The molecule has 1 aliphatic heterocycles. The van der Waals surface area contributed by atoms with Crippen LogP contribution in [-0.2, 0) is 17.9 Å². The number of carbonyl (C=O) groups is 2. The van der Waals surface area contributed by atoms with Gasteiger partial charge in [-0.15, -0.1) is 0 Å². The average molecular weight is 495 g/mol. The third-order valence-electron chi connectivity index (χ3n) is 5.59. The van der Waals surface area contributed by atoms with E-state index >= 15 is 0 Å². The van der Waals surface area contributed by atoms with Crippen molar-refractivity contribution < 1.29 is 18.4 Å². The number of imide groups is 1. The second kappa shape index (κ2) is 9.08. The van der Waals surface area contributed by atoms with Crippen molar-refractivity contribution in [2.75, 3.05) is 0 Å². The van der Waals surface area contributed by atoms with E-state index in [4.69, 9.17) is 11.6 Å². The van der Waals surface area contributed by atoms with E-state index < -0.39 is 17.0 Å².